The molecule has 1 saturated carbocycles. The Morgan fingerprint density at radius 2 is 2.14 bits per heavy atom. The van der Waals surface area contributed by atoms with Gasteiger partial charge in [-0.1, -0.05) is 22.8 Å². The molecule has 7 nitrogen and oxygen atoms in total. The summed E-state index contributed by atoms with van der Waals surface area (Å²) in [7, 11) is 0. The van der Waals surface area contributed by atoms with Gasteiger partial charge in [0.25, 0.3) is 0 Å². The Labute approximate surface area is 168 Å². The van der Waals surface area contributed by atoms with E-state index in [-0.39, 0.29) is 12.0 Å². The molecule has 1 aromatic heterocycles. The van der Waals surface area contributed by atoms with Crippen molar-refractivity contribution in [2.24, 2.45) is 11.8 Å². The Morgan fingerprint density at radius 1 is 1.36 bits per heavy atom. The van der Waals surface area contributed by atoms with E-state index >= 15 is 0 Å². The van der Waals surface area contributed by atoms with Crippen LogP contribution in [0.1, 0.15) is 18.6 Å². The minimum absolute atomic E-state index is 0.112. The van der Waals surface area contributed by atoms with E-state index in [1.54, 1.807) is 25.1 Å². The lowest BCUT2D eigenvalue weighted by Gasteiger charge is -2.35. The third-order valence-electron chi connectivity index (χ3n) is 5.51. The first-order chi connectivity index (χ1) is 13.5. The predicted octanol–water partition coefficient (Wildman–Crippen LogP) is 2.73. The number of hydrogen-bond donors (Lipinski definition) is 2. The van der Waals surface area contributed by atoms with Gasteiger partial charge in [0.1, 0.15) is 17.6 Å². The molecular weight excluding hydrogens is 382 g/mol. The summed E-state index contributed by atoms with van der Waals surface area (Å²) >= 11 is 6.02. The molecule has 2 N–H and O–H groups in total. The maximum absolute atomic E-state index is 12.3. The summed E-state index contributed by atoms with van der Waals surface area (Å²) in [6, 6.07) is 8.93. The van der Waals surface area contributed by atoms with E-state index in [1.807, 2.05) is 12.1 Å². The molecule has 1 aliphatic carbocycles. The molecular formula is C20H24ClN3O4. The zero-order valence-corrected chi connectivity index (χ0v) is 16.4. The van der Waals surface area contributed by atoms with Crippen molar-refractivity contribution in [3.63, 3.8) is 0 Å². The topological polar surface area (TPSA) is 87.8 Å². The zero-order chi connectivity index (χ0) is 19.7. The fraction of sp³-hybridized carbons (Fsp3) is 0.500. The van der Waals surface area contributed by atoms with Crippen molar-refractivity contribution in [1.29, 1.82) is 0 Å². The third kappa shape index (κ3) is 4.48. The first-order valence-electron chi connectivity index (χ1n) is 9.52. The summed E-state index contributed by atoms with van der Waals surface area (Å²) in [6.45, 7) is 3.70. The Hall–Kier alpha value is -2.09. The number of nitrogens with zero attached hydrogens (tertiary/aromatic N) is 2. The Morgan fingerprint density at radius 3 is 2.86 bits per heavy atom. The molecule has 1 amide bonds. The molecule has 8 heteroatoms. The second kappa shape index (κ2) is 8.11. The summed E-state index contributed by atoms with van der Waals surface area (Å²) in [5.41, 5.74) is 0. The Bertz CT molecular complexity index is 842. The van der Waals surface area contributed by atoms with Gasteiger partial charge in [0, 0.05) is 24.2 Å². The quantitative estimate of drug-likeness (QED) is 0.795. The van der Waals surface area contributed by atoms with Crippen LogP contribution in [0, 0.1) is 18.8 Å². The number of anilines is 1. The van der Waals surface area contributed by atoms with E-state index in [0.717, 1.165) is 19.5 Å². The van der Waals surface area contributed by atoms with E-state index in [1.165, 1.54) is 0 Å². The fourth-order valence-corrected chi connectivity index (χ4v) is 4.45. The summed E-state index contributed by atoms with van der Waals surface area (Å²) in [5.74, 6) is 2.42. The van der Waals surface area contributed by atoms with Gasteiger partial charge < -0.3 is 19.7 Å². The molecule has 150 valence electrons. The highest BCUT2D eigenvalue weighted by Gasteiger charge is 2.43. The zero-order valence-electron chi connectivity index (χ0n) is 15.7. The number of carbonyl (C=O) groups excluding carboxylic acids is 1. The molecule has 0 bridgehead atoms. The lowest BCUT2D eigenvalue weighted by molar-refractivity contribution is -0.117. The van der Waals surface area contributed by atoms with Gasteiger partial charge in [0.05, 0.1) is 12.6 Å². The molecule has 1 aliphatic heterocycles. The molecule has 2 fully saturated rings. The second-order valence-corrected chi connectivity index (χ2v) is 8.17. The van der Waals surface area contributed by atoms with Crippen LogP contribution >= 0.6 is 11.6 Å². The number of halogens is 1. The van der Waals surface area contributed by atoms with E-state index in [9.17, 15) is 9.90 Å². The maximum Gasteiger partial charge on any atom is 0.239 e. The minimum Gasteiger partial charge on any atom is -0.488 e. The number of aliphatic hydroxyl groups is 1. The van der Waals surface area contributed by atoms with Gasteiger partial charge in [-0.2, -0.15) is 0 Å². The summed E-state index contributed by atoms with van der Waals surface area (Å²) in [4.78, 5) is 14.4. The number of amides is 1. The molecule has 0 unspecified atom stereocenters. The Balaban J connectivity index is 1.31. The number of nitrogens with one attached hydrogen (secondary N) is 1. The number of ether oxygens (including phenoxy) is 1. The number of hydrogen-bond acceptors (Lipinski definition) is 6. The maximum atomic E-state index is 12.3. The second-order valence-electron chi connectivity index (χ2n) is 7.74. The average molecular weight is 406 g/mol. The van der Waals surface area contributed by atoms with Crippen molar-refractivity contribution in [2.75, 3.05) is 25.0 Å². The average Bonchev–Trinajstić information content (AvgIpc) is 3.20. The molecule has 4 atom stereocenters. The number of aliphatic hydroxyl groups excluding tert-OH is 1. The van der Waals surface area contributed by atoms with Crippen LogP contribution in [0.15, 0.2) is 34.9 Å². The molecule has 2 aliphatic rings. The highest BCUT2D eigenvalue weighted by atomic mass is 35.5. The smallest absolute Gasteiger partial charge is 0.239 e. The summed E-state index contributed by atoms with van der Waals surface area (Å²) in [5, 5.41) is 17.7. The number of rotatable bonds is 5. The lowest BCUT2D eigenvalue weighted by atomic mass is 9.78. The monoisotopic (exact) mass is 405 g/mol. The number of fused-ring (bicyclic) bond motifs is 1. The number of aromatic nitrogens is 1. The van der Waals surface area contributed by atoms with Crippen LogP contribution in [0.5, 0.6) is 5.75 Å². The van der Waals surface area contributed by atoms with Gasteiger partial charge >= 0.3 is 0 Å². The van der Waals surface area contributed by atoms with Crippen molar-refractivity contribution >= 4 is 23.3 Å². The fourth-order valence-electron chi connectivity index (χ4n) is 4.27. The minimum atomic E-state index is -0.521. The first-order valence-corrected chi connectivity index (χ1v) is 9.90. The van der Waals surface area contributed by atoms with Gasteiger partial charge in [0.15, 0.2) is 5.82 Å². The van der Waals surface area contributed by atoms with Crippen LogP contribution < -0.4 is 10.1 Å². The molecule has 0 radical (unpaired) electrons. The molecule has 4 rings (SSSR count). The van der Waals surface area contributed by atoms with E-state index < -0.39 is 6.10 Å². The molecule has 1 aromatic carbocycles. The summed E-state index contributed by atoms with van der Waals surface area (Å²) in [6.07, 6.45) is 0.661. The van der Waals surface area contributed by atoms with Crippen molar-refractivity contribution in [1.82, 2.24) is 10.1 Å². The Kier molecular flexibility index (Phi) is 5.57. The van der Waals surface area contributed by atoms with Gasteiger partial charge in [-0.15, -0.1) is 0 Å². The van der Waals surface area contributed by atoms with Crippen molar-refractivity contribution < 1.29 is 19.2 Å². The van der Waals surface area contributed by atoms with E-state index in [0.29, 0.717) is 47.2 Å². The van der Waals surface area contributed by atoms with Gasteiger partial charge in [-0.05, 0) is 49.8 Å². The van der Waals surface area contributed by atoms with Crippen LogP contribution in [-0.4, -0.2) is 52.9 Å². The predicted molar refractivity (Wildman–Crippen MR) is 104 cm³/mol. The number of likely N-dealkylation sites (tertiary alicyclic amines) is 1. The number of benzene rings is 1. The molecule has 2 aromatic rings. The van der Waals surface area contributed by atoms with Crippen LogP contribution in [0.3, 0.4) is 0 Å². The summed E-state index contributed by atoms with van der Waals surface area (Å²) < 4.78 is 11.0. The lowest BCUT2D eigenvalue weighted by Crippen LogP contribution is -2.42. The van der Waals surface area contributed by atoms with Crippen LogP contribution in [0.2, 0.25) is 5.02 Å². The molecule has 28 heavy (non-hydrogen) atoms. The van der Waals surface area contributed by atoms with Crippen LogP contribution in [-0.2, 0) is 4.79 Å². The van der Waals surface area contributed by atoms with Gasteiger partial charge in [-0.3, -0.25) is 9.69 Å². The highest BCUT2D eigenvalue weighted by Crippen LogP contribution is 2.38. The standard InChI is InChI=1S/C20H24ClN3O4/c1-12-5-19(23-28-12)22-20(26)11-24-9-13-6-17(25)18(7-14(13)10-24)27-16-4-2-3-15(21)8-16/h2-5,8,13-14,17-18,25H,6-7,9-11H2,1H3,(H,22,23,26)/t13-,14+,17+,18+/m0/s1. The third-order valence-corrected chi connectivity index (χ3v) is 5.74. The number of carbonyl (C=O) groups is 1. The molecule has 0 spiro atoms. The van der Waals surface area contributed by atoms with Crippen molar-refractivity contribution in [3.8, 4) is 5.75 Å². The van der Waals surface area contributed by atoms with E-state index in [4.69, 9.17) is 20.9 Å². The normalized spacial score (nSPS) is 27.4. The van der Waals surface area contributed by atoms with Crippen LogP contribution in [0.4, 0.5) is 5.82 Å². The first kappa shape index (κ1) is 19.2. The van der Waals surface area contributed by atoms with Gasteiger partial charge in [0.2, 0.25) is 5.91 Å². The molecule has 2 heterocycles. The van der Waals surface area contributed by atoms with Crippen molar-refractivity contribution in [2.45, 2.75) is 32.0 Å². The van der Waals surface area contributed by atoms with Gasteiger partial charge in [-0.25, -0.2) is 0 Å². The van der Waals surface area contributed by atoms with Crippen LogP contribution in [0.25, 0.3) is 0 Å². The van der Waals surface area contributed by atoms with Crippen molar-refractivity contribution in [3.05, 3.63) is 41.1 Å². The largest absolute Gasteiger partial charge is 0.488 e. The molecule has 1 saturated heterocycles. The van der Waals surface area contributed by atoms with E-state index in [2.05, 4.69) is 15.4 Å². The number of aryl methyl sites for hydroxylation is 1. The SMILES string of the molecule is Cc1cc(NC(=O)CN2C[C@H]3C[C@@H](Oc4cccc(Cl)c4)[C@H](O)C[C@H]3C2)no1. The highest BCUT2D eigenvalue weighted by molar-refractivity contribution is 6.30.